The minimum atomic E-state index is -0.0789. The molecule has 1 saturated carbocycles. The van der Waals surface area contributed by atoms with Gasteiger partial charge in [0.2, 0.25) is 0 Å². The summed E-state index contributed by atoms with van der Waals surface area (Å²) in [4.78, 5) is 12.1. The summed E-state index contributed by atoms with van der Waals surface area (Å²) < 4.78 is 6.85. The zero-order chi connectivity index (χ0) is 13.6. The molecule has 0 atom stereocenters. The minimum Gasteiger partial charge on any atom is -0.460 e. The van der Waals surface area contributed by atoms with Crippen molar-refractivity contribution in [2.75, 3.05) is 19.4 Å². The molecule has 1 amide bonds. The smallest absolute Gasteiger partial charge is 0.255 e. The van der Waals surface area contributed by atoms with Crippen molar-refractivity contribution in [3.8, 4) is 0 Å². The van der Waals surface area contributed by atoms with E-state index >= 15 is 0 Å². The summed E-state index contributed by atoms with van der Waals surface area (Å²) in [6.45, 7) is 0. The highest BCUT2D eigenvalue weighted by Crippen LogP contribution is 2.45. The van der Waals surface area contributed by atoms with Crippen molar-refractivity contribution in [2.24, 2.45) is 0 Å². The van der Waals surface area contributed by atoms with E-state index in [4.69, 9.17) is 4.42 Å². The molecule has 1 fully saturated rings. The molecule has 2 aromatic rings. The first-order valence-electron chi connectivity index (χ1n) is 6.31. The summed E-state index contributed by atoms with van der Waals surface area (Å²) >= 11 is 3.51. The van der Waals surface area contributed by atoms with Crippen LogP contribution in [0.25, 0.3) is 11.0 Å². The van der Waals surface area contributed by atoms with Gasteiger partial charge in [-0.05, 0) is 34.8 Å². The number of amides is 1. The van der Waals surface area contributed by atoms with Gasteiger partial charge in [-0.1, -0.05) is 0 Å². The summed E-state index contributed by atoms with van der Waals surface area (Å²) in [5, 5.41) is 6.67. The van der Waals surface area contributed by atoms with Crippen LogP contribution in [0.5, 0.6) is 0 Å². The predicted molar refractivity (Wildman–Crippen MR) is 78.8 cm³/mol. The molecule has 0 spiro atoms. The predicted octanol–water partition coefficient (Wildman–Crippen LogP) is 3.47. The van der Waals surface area contributed by atoms with Gasteiger partial charge in [-0.3, -0.25) is 4.79 Å². The molecule has 2 N–H and O–H groups in total. The van der Waals surface area contributed by atoms with Crippen LogP contribution in [0.1, 0.15) is 34.9 Å². The Labute approximate surface area is 119 Å². The van der Waals surface area contributed by atoms with E-state index in [1.807, 2.05) is 19.2 Å². The first-order chi connectivity index (χ1) is 9.15. The molecule has 3 rings (SSSR count). The highest BCUT2D eigenvalue weighted by molar-refractivity contribution is 9.10. The van der Waals surface area contributed by atoms with Crippen molar-refractivity contribution in [2.45, 2.75) is 18.8 Å². The van der Waals surface area contributed by atoms with Crippen molar-refractivity contribution >= 4 is 38.5 Å². The molecule has 1 aromatic carbocycles. The van der Waals surface area contributed by atoms with Gasteiger partial charge in [-0.25, -0.2) is 0 Å². The number of fused-ring (bicyclic) bond motifs is 1. The van der Waals surface area contributed by atoms with Crippen molar-refractivity contribution in [3.63, 3.8) is 0 Å². The average Bonchev–Trinajstić information content (AvgIpc) is 3.19. The Morgan fingerprint density at radius 2 is 2.11 bits per heavy atom. The summed E-state index contributed by atoms with van der Waals surface area (Å²) in [6, 6.07) is 3.87. The summed E-state index contributed by atoms with van der Waals surface area (Å²) in [6.07, 6.45) is 2.20. The third-order valence-corrected chi connectivity index (χ3v) is 4.13. The van der Waals surface area contributed by atoms with Crippen LogP contribution >= 0.6 is 15.9 Å². The first kappa shape index (κ1) is 12.5. The third-order valence-electron chi connectivity index (χ3n) is 3.48. The van der Waals surface area contributed by atoms with Gasteiger partial charge < -0.3 is 15.1 Å². The average molecular weight is 323 g/mol. The monoisotopic (exact) mass is 322 g/mol. The van der Waals surface area contributed by atoms with E-state index in [0.717, 1.165) is 39.7 Å². The third kappa shape index (κ3) is 2.02. The van der Waals surface area contributed by atoms with E-state index in [0.29, 0.717) is 11.5 Å². The minimum absolute atomic E-state index is 0.0789. The maximum absolute atomic E-state index is 12.1. The maximum atomic E-state index is 12.1. The van der Waals surface area contributed by atoms with Crippen LogP contribution < -0.4 is 10.6 Å². The van der Waals surface area contributed by atoms with Crippen LogP contribution in [0, 0.1) is 0 Å². The lowest BCUT2D eigenvalue weighted by Gasteiger charge is -2.03. The Bertz CT molecular complexity index is 659. The van der Waals surface area contributed by atoms with E-state index in [-0.39, 0.29) is 5.91 Å². The number of furan rings is 1. The molecule has 5 heteroatoms. The number of anilines is 1. The van der Waals surface area contributed by atoms with Gasteiger partial charge >= 0.3 is 0 Å². The zero-order valence-electron chi connectivity index (χ0n) is 10.8. The molecule has 4 nitrogen and oxygen atoms in total. The van der Waals surface area contributed by atoms with Crippen LogP contribution in [0.3, 0.4) is 0 Å². The van der Waals surface area contributed by atoms with Gasteiger partial charge in [0.15, 0.2) is 0 Å². The molecule has 19 heavy (non-hydrogen) atoms. The van der Waals surface area contributed by atoms with Crippen LogP contribution in [-0.2, 0) is 0 Å². The topological polar surface area (TPSA) is 54.3 Å². The largest absolute Gasteiger partial charge is 0.460 e. The first-order valence-corrected chi connectivity index (χ1v) is 7.10. The van der Waals surface area contributed by atoms with Gasteiger partial charge in [-0.15, -0.1) is 0 Å². The number of benzene rings is 1. The molecule has 1 aliphatic rings. The Balaban J connectivity index is 2.27. The van der Waals surface area contributed by atoms with Crippen molar-refractivity contribution in [1.29, 1.82) is 0 Å². The molecule has 0 bridgehead atoms. The summed E-state index contributed by atoms with van der Waals surface area (Å²) in [5.74, 6) is 1.15. The lowest BCUT2D eigenvalue weighted by molar-refractivity contribution is 0.0962. The van der Waals surface area contributed by atoms with E-state index < -0.39 is 0 Å². The number of rotatable bonds is 3. The quantitative estimate of drug-likeness (QED) is 0.909. The number of carbonyl (C=O) groups is 1. The number of carbonyl (C=O) groups excluding carboxylic acids is 1. The highest BCUT2D eigenvalue weighted by Gasteiger charge is 2.33. The van der Waals surface area contributed by atoms with Crippen LogP contribution in [-0.4, -0.2) is 20.0 Å². The fourth-order valence-electron chi connectivity index (χ4n) is 2.32. The van der Waals surface area contributed by atoms with Gasteiger partial charge in [0.1, 0.15) is 11.3 Å². The highest BCUT2D eigenvalue weighted by atomic mass is 79.9. The fourth-order valence-corrected chi connectivity index (χ4v) is 2.86. The van der Waals surface area contributed by atoms with E-state index in [9.17, 15) is 4.79 Å². The molecule has 1 heterocycles. The van der Waals surface area contributed by atoms with E-state index in [1.54, 1.807) is 7.05 Å². The summed E-state index contributed by atoms with van der Waals surface area (Å²) in [7, 11) is 3.51. The van der Waals surface area contributed by atoms with Crippen molar-refractivity contribution < 1.29 is 9.21 Å². The molecule has 100 valence electrons. The second-order valence-corrected chi connectivity index (χ2v) is 5.63. The number of halogens is 1. The van der Waals surface area contributed by atoms with Crippen LogP contribution in [0.4, 0.5) is 5.69 Å². The lowest BCUT2D eigenvalue weighted by Crippen LogP contribution is -2.18. The number of hydrogen-bond acceptors (Lipinski definition) is 3. The maximum Gasteiger partial charge on any atom is 0.255 e. The SMILES string of the molecule is CNC(=O)c1c(C2CC2)oc2cc(NC)c(Br)cc12. The number of hydrogen-bond donors (Lipinski definition) is 2. The normalized spacial score (nSPS) is 14.7. The standard InChI is InChI=1S/C14H15BrN2O2/c1-16-10-6-11-8(5-9(10)15)12(14(18)17-2)13(19-11)7-3-4-7/h5-7,16H,3-4H2,1-2H3,(H,17,18). The Kier molecular flexibility index (Phi) is 3.01. The van der Waals surface area contributed by atoms with Gasteiger partial charge in [0, 0.05) is 35.9 Å². The van der Waals surface area contributed by atoms with Crippen LogP contribution in [0.15, 0.2) is 21.0 Å². The van der Waals surface area contributed by atoms with E-state index in [1.165, 1.54) is 0 Å². The van der Waals surface area contributed by atoms with Crippen LogP contribution in [0.2, 0.25) is 0 Å². The second-order valence-electron chi connectivity index (χ2n) is 4.77. The molecule has 0 saturated heterocycles. The molecule has 0 aliphatic heterocycles. The zero-order valence-corrected chi connectivity index (χ0v) is 12.4. The Morgan fingerprint density at radius 1 is 1.37 bits per heavy atom. The number of nitrogens with one attached hydrogen (secondary N) is 2. The molecule has 0 radical (unpaired) electrons. The second kappa shape index (κ2) is 4.56. The molecule has 1 aromatic heterocycles. The van der Waals surface area contributed by atoms with Gasteiger partial charge in [0.25, 0.3) is 5.91 Å². The van der Waals surface area contributed by atoms with Crippen molar-refractivity contribution in [1.82, 2.24) is 5.32 Å². The van der Waals surface area contributed by atoms with Gasteiger partial charge in [-0.2, -0.15) is 0 Å². The molecular weight excluding hydrogens is 308 g/mol. The van der Waals surface area contributed by atoms with E-state index in [2.05, 4.69) is 26.6 Å². The Hall–Kier alpha value is -1.49. The van der Waals surface area contributed by atoms with Gasteiger partial charge in [0.05, 0.1) is 11.3 Å². The lowest BCUT2D eigenvalue weighted by atomic mass is 10.1. The molecule has 0 unspecified atom stereocenters. The molecular formula is C14H15BrN2O2. The van der Waals surface area contributed by atoms with Crippen molar-refractivity contribution in [3.05, 3.63) is 27.9 Å². The Morgan fingerprint density at radius 3 is 2.68 bits per heavy atom. The summed E-state index contributed by atoms with van der Waals surface area (Å²) in [5.41, 5.74) is 2.39. The molecule has 1 aliphatic carbocycles. The fraction of sp³-hybridized carbons (Fsp3) is 0.357.